The number of rotatable bonds is 6. The first-order valence-electron chi connectivity index (χ1n) is 7.72. The standard InChI is InChI=1S/C17H26N2O2/c1-17(9-11-18-12-10-17)13-19-16(20)8-7-14-5-3-4-6-15(14)21-2/h3-6,18H,7-13H2,1-2H3,(H,19,20). The van der Waals surface area contributed by atoms with Gasteiger partial charge in [-0.1, -0.05) is 25.1 Å². The summed E-state index contributed by atoms with van der Waals surface area (Å²) in [5.74, 6) is 0.983. The number of carbonyl (C=O) groups excluding carboxylic acids is 1. The second kappa shape index (κ2) is 7.46. The van der Waals surface area contributed by atoms with Crippen LogP contribution in [0.1, 0.15) is 31.7 Å². The topological polar surface area (TPSA) is 50.4 Å². The highest BCUT2D eigenvalue weighted by Gasteiger charge is 2.26. The summed E-state index contributed by atoms with van der Waals surface area (Å²) in [6.45, 7) is 5.13. The van der Waals surface area contributed by atoms with Crippen LogP contribution in [0.2, 0.25) is 0 Å². The molecule has 1 heterocycles. The van der Waals surface area contributed by atoms with Gasteiger partial charge in [0.25, 0.3) is 0 Å². The number of para-hydroxylation sites is 1. The van der Waals surface area contributed by atoms with Crippen molar-refractivity contribution in [2.75, 3.05) is 26.7 Å². The van der Waals surface area contributed by atoms with Gasteiger partial charge in [0, 0.05) is 13.0 Å². The Labute approximate surface area is 127 Å². The summed E-state index contributed by atoms with van der Waals surface area (Å²) < 4.78 is 5.31. The predicted molar refractivity (Wildman–Crippen MR) is 84.5 cm³/mol. The van der Waals surface area contributed by atoms with Crippen molar-refractivity contribution in [1.82, 2.24) is 10.6 Å². The van der Waals surface area contributed by atoms with E-state index in [0.717, 1.165) is 43.8 Å². The number of methoxy groups -OCH3 is 1. The number of hydrogen-bond donors (Lipinski definition) is 2. The Hall–Kier alpha value is -1.55. The van der Waals surface area contributed by atoms with Gasteiger partial charge in [-0.15, -0.1) is 0 Å². The molecule has 2 rings (SSSR count). The monoisotopic (exact) mass is 290 g/mol. The third-order valence-corrected chi connectivity index (χ3v) is 4.34. The highest BCUT2D eigenvalue weighted by atomic mass is 16.5. The van der Waals surface area contributed by atoms with Gasteiger partial charge in [-0.05, 0) is 49.4 Å². The predicted octanol–water partition coefficient (Wildman–Crippen LogP) is 2.13. The second-order valence-electron chi connectivity index (χ2n) is 6.15. The third kappa shape index (κ3) is 4.74. The van der Waals surface area contributed by atoms with Crippen LogP contribution in [-0.4, -0.2) is 32.7 Å². The maximum absolute atomic E-state index is 12.0. The molecule has 0 atom stereocenters. The molecule has 4 nitrogen and oxygen atoms in total. The van der Waals surface area contributed by atoms with Crippen molar-refractivity contribution in [3.8, 4) is 5.75 Å². The fourth-order valence-electron chi connectivity index (χ4n) is 2.77. The fraction of sp³-hybridized carbons (Fsp3) is 0.588. The van der Waals surface area contributed by atoms with Crippen LogP contribution in [0.3, 0.4) is 0 Å². The van der Waals surface area contributed by atoms with Crippen LogP contribution in [0, 0.1) is 5.41 Å². The Kier molecular flexibility index (Phi) is 5.62. The molecule has 0 aromatic heterocycles. The molecule has 0 bridgehead atoms. The summed E-state index contributed by atoms with van der Waals surface area (Å²) in [5.41, 5.74) is 1.33. The molecule has 1 aromatic rings. The molecule has 1 fully saturated rings. The zero-order valence-corrected chi connectivity index (χ0v) is 13.1. The van der Waals surface area contributed by atoms with E-state index in [1.54, 1.807) is 7.11 Å². The first-order chi connectivity index (χ1) is 10.1. The van der Waals surface area contributed by atoms with Crippen molar-refractivity contribution < 1.29 is 9.53 Å². The van der Waals surface area contributed by atoms with E-state index in [0.29, 0.717) is 12.8 Å². The van der Waals surface area contributed by atoms with Crippen molar-refractivity contribution in [2.45, 2.75) is 32.6 Å². The third-order valence-electron chi connectivity index (χ3n) is 4.34. The molecule has 0 aliphatic carbocycles. The van der Waals surface area contributed by atoms with Crippen molar-refractivity contribution in [3.63, 3.8) is 0 Å². The summed E-state index contributed by atoms with van der Waals surface area (Å²) in [7, 11) is 1.66. The SMILES string of the molecule is COc1ccccc1CCC(=O)NCC1(C)CCNCC1. The minimum Gasteiger partial charge on any atom is -0.496 e. The summed E-state index contributed by atoms with van der Waals surface area (Å²) in [5, 5.41) is 6.45. The Balaban J connectivity index is 1.77. The van der Waals surface area contributed by atoms with E-state index in [4.69, 9.17) is 4.74 Å². The van der Waals surface area contributed by atoms with Gasteiger partial charge in [0.1, 0.15) is 5.75 Å². The molecule has 1 aliphatic rings. The van der Waals surface area contributed by atoms with Gasteiger partial charge in [0.2, 0.25) is 5.91 Å². The number of carbonyl (C=O) groups is 1. The Morgan fingerprint density at radius 2 is 2.05 bits per heavy atom. The van der Waals surface area contributed by atoms with E-state index >= 15 is 0 Å². The zero-order chi connectivity index (χ0) is 15.1. The number of piperidine rings is 1. The average Bonchev–Trinajstić information content (AvgIpc) is 2.52. The Morgan fingerprint density at radius 1 is 1.33 bits per heavy atom. The first-order valence-corrected chi connectivity index (χ1v) is 7.72. The van der Waals surface area contributed by atoms with E-state index in [1.165, 1.54) is 0 Å². The lowest BCUT2D eigenvalue weighted by molar-refractivity contribution is -0.121. The minimum atomic E-state index is 0.126. The van der Waals surface area contributed by atoms with Crippen LogP contribution in [0.15, 0.2) is 24.3 Å². The number of amides is 1. The molecule has 0 spiro atoms. The zero-order valence-electron chi connectivity index (χ0n) is 13.1. The molecular weight excluding hydrogens is 264 g/mol. The lowest BCUT2D eigenvalue weighted by Crippen LogP contribution is -2.42. The Morgan fingerprint density at radius 3 is 2.76 bits per heavy atom. The van der Waals surface area contributed by atoms with Crippen LogP contribution in [0.5, 0.6) is 5.75 Å². The van der Waals surface area contributed by atoms with Crippen molar-refractivity contribution >= 4 is 5.91 Å². The molecule has 1 aromatic carbocycles. The molecule has 1 amide bonds. The second-order valence-corrected chi connectivity index (χ2v) is 6.15. The van der Waals surface area contributed by atoms with E-state index < -0.39 is 0 Å². The molecule has 0 saturated carbocycles. The molecule has 116 valence electrons. The molecule has 0 radical (unpaired) electrons. The van der Waals surface area contributed by atoms with Gasteiger partial charge in [-0.3, -0.25) is 4.79 Å². The van der Waals surface area contributed by atoms with Crippen LogP contribution in [-0.2, 0) is 11.2 Å². The Bertz CT molecular complexity index is 468. The number of hydrogen-bond acceptors (Lipinski definition) is 3. The highest BCUT2D eigenvalue weighted by molar-refractivity contribution is 5.76. The minimum absolute atomic E-state index is 0.126. The number of benzene rings is 1. The largest absolute Gasteiger partial charge is 0.496 e. The molecule has 2 N–H and O–H groups in total. The van der Waals surface area contributed by atoms with Crippen molar-refractivity contribution in [3.05, 3.63) is 29.8 Å². The van der Waals surface area contributed by atoms with Crippen LogP contribution >= 0.6 is 0 Å². The summed E-state index contributed by atoms with van der Waals surface area (Å²) in [6.07, 6.45) is 3.47. The summed E-state index contributed by atoms with van der Waals surface area (Å²) in [4.78, 5) is 12.0. The van der Waals surface area contributed by atoms with Gasteiger partial charge in [0.15, 0.2) is 0 Å². The maximum atomic E-state index is 12.0. The molecular formula is C17H26N2O2. The molecule has 1 saturated heterocycles. The van der Waals surface area contributed by atoms with Crippen LogP contribution < -0.4 is 15.4 Å². The number of ether oxygens (including phenoxy) is 1. The fourth-order valence-corrected chi connectivity index (χ4v) is 2.77. The van der Waals surface area contributed by atoms with E-state index in [1.807, 2.05) is 24.3 Å². The normalized spacial score (nSPS) is 17.2. The smallest absolute Gasteiger partial charge is 0.220 e. The van der Waals surface area contributed by atoms with Crippen molar-refractivity contribution in [1.29, 1.82) is 0 Å². The van der Waals surface area contributed by atoms with E-state index in [9.17, 15) is 4.79 Å². The number of nitrogens with one attached hydrogen (secondary N) is 2. The van der Waals surface area contributed by atoms with E-state index in [-0.39, 0.29) is 11.3 Å². The van der Waals surface area contributed by atoms with Crippen LogP contribution in [0.25, 0.3) is 0 Å². The lowest BCUT2D eigenvalue weighted by atomic mass is 9.81. The van der Waals surface area contributed by atoms with Crippen molar-refractivity contribution in [2.24, 2.45) is 5.41 Å². The van der Waals surface area contributed by atoms with Gasteiger partial charge >= 0.3 is 0 Å². The molecule has 4 heteroatoms. The number of aryl methyl sites for hydroxylation is 1. The quantitative estimate of drug-likeness (QED) is 0.844. The molecule has 0 unspecified atom stereocenters. The highest BCUT2D eigenvalue weighted by Crippen LogP contribution is 2.26. The average molecular weight is 290 g/mol. The van der Waals surface area contributed by atoms with Gasteiger partial charge < -0.3 is 15.4 Å². The summed E-state index contributed by atoms with van der Waals surface area (Å²) >= 11 is 0. The van der Waals surface area contributed by atoms with E-state index in [2.05, 4.69) is 17.6 Å². The van der Waals surface area contributed by atoms with Gasteiger partial charge in [-0.2, -0.15) is 0 Å². The first kappa shape index (κ1) is 15.8. The molecule has 1 aliphatic heterocycles. The lowest BCUT2D eigenvalue weighted by Gasteiger charge is -2.34. The molecule has 21 heavy (non-hydrogen) atoms. The van der Waals surface area contributed by atoms with Gasteiger partial charge in [-0.25, -0.2) is 0 Å². The van der Waals surface area contributed by atoms with Crippen LogP contribution in [0.4, 0.5) is 0 Å². The van der Waals surface area contributed by atoms with Gasteiger partial charge in [0.05, 0.1) is 7.11 Å². The summed E-state index contributed by atoms with van der Waals surface area (Å²) in [6, 6.07) is 7.87. The maximum Gasteiger partial charge on any atom is 0.220 e.